The van der Waals surface area contributed by atoms with Gasteiger partial charge in [-0.1, -0.05) is 30.3 Å². The van der Waals surface area contributed by atoms with Gasteiger partial charge in [0.05, 0.1) is 0 Å². The van der Waals surface area contributed by atoms with Gasteiger partial charge in [0, 0.05) is 27.4 Å². The summed E-state index contributed by atoms with van der Waals surface area (Å²) in [4.78, 5) is 49.9. The number of imide groups is 2. The molecule has 7 nitrogen and oxygen atoms in total. The summed E-state index contributed by atoms with van der Waals surface area (Å²) >= 11 is 0. The van der Waals surface area contributed by atoms with Gasteiger partial charge >= 0.3 is 12.0 Å². The third kappa shape index (κ3) is 2.45. The van der Waals surface area contributed by atoms with Crippen LogP contribution in [-0.2, 0) is 25.5 Å². The van der Waals surface area contributed by atoms with Gasteiger partial charge in [-0.25, -0.2) is 4.79 Å². The number of barbiturate groups is 1. The minimum Gasteiger partial charge on any atom is -0.438 e. The zero-order chi connectivity index (χ0) is 16.5. The van der Waals surface area contributed by atoms with E-state index in [-0.39, 0.29) is 6.42 Å². The van der Waals surface area contributed by atoms with Crippen LogP contribution >= 0.6 is 0 Å². The first-order valence-electron chi connectivity index (χ1n) is 6.63. The second-order valence-electron chi connectivity index (χ2n) is 5.09. The summed E-state index contributed by atoms with van der Waals surface area (Å²) in [7, 11) is 2.49. The number of amides is 4. The van der Waals surface area contributed by atoms with Gasteiger partial charge in [0.15, 0.2) is 0 Å². The average molecular weight is 304 g/mol. The van der Waals surface area contributed by atoms with E-state index in [1.54, 1.807) is 30.3 Å². The summed E-state index contributed by atoms with van der Waals surface area (Å²) in [5, 5.41) is 0. The highest BCUT2D eigenvalue weighted by atomic mass is 16.6. The van der Waals surface area contributed by atoms with Gasteiger partial charge in [-0.05, 0) is 5.56 Å². The molecule has 1 fully saturated rings. The van der Waals surface area contributed by atoms with E-state index >= 15 is 0 Å². The molecule has 1 heterocycles. The van der Waals surface area contributed by atoms with Crippen LogP contribution in [0.15, 0.2) is 30.3 Å². The van der Waals surface area contributed by atoms with Crippen molar-refractivity contribution in [3.05, 3.63) is 35.9 Å². The zero-order valence-corrected chi connectivity index (χ0v) is 12.5. The molecule has 116 valence electrons. The zero-order valence-electron chi connectivity index (χ0n) is 12.5. The molecule has 0 radical (unpaired) electrons. The van der Waals surface area contributed by atoms with Crippen LogP contribution in [0.25, 0.3) is 0 Å². The normalized spacial score (nSPS) is 17.7. The fourth-order valence-corrected chi connectivity index (χ4v) is 2.44. The first kappa shape index (κ1) is 15.7. The number of urea groups is 1. The second kappa shape index (κ2) is 5.59. The molecule has 1 aliphatic heterocycles. The Balaban J connectivity index is 2.52. The van der Waals surface area contributed by atoms with Crippen molar-refractivity contribution in [1.29, 1.82) is 0 Å². The number of esters is 1. The number of carbonyl (C=O) groups excluding carboxylic acids is 4. The quantitative estimate of drug-likeness (QED) is 0.602. The van der Waals surface area contributed by atoms with Crippen LogP contribution in [-0.4, -0.2) is 53.3 Å². The highest BCUT2D eigenvalue weighted by Crippen LogP contribution is 2.28. The lowest BCUT2D eigenvalue weighted by molar-refractivity contribution is -0.183. The summed E-state index contributed by atoms with van der Waals surface area (Å²) < 4.78 is 5.12. The van der Waals surface area contributed by atoms with Crippen molar-refractivity contribution >= 4 is 23.8 Å². The van der Waals surface area contributed by atoms with E-state index in [1.807, 2.05) is 0 Å². The fraction of sp³-hybridized carbons (Fsp3) is 0.333. The maximum absolute atomic E-state index is 12.5. The highest BCUT2D eigenvalue weighted by Gasteiger charge is 2.58. The Kier molecular flexibility index (Phi) is 3.99. The molecule has 0 N–H and O–H groups in total. The number of carbonyl (C=O) groups is 4. The summed E-state index contributed by atoms with van der Waals surface area (Å²) in [6.07, 6.45) is -0.132. The van der Waals surface area contributed by atoms with Crippen LogP contribution in [0.3, 0.4) is 0 Å². The number of benzene rings is 1. The molecule has 4 amide bonds. The van der Waals surface area contributed by atoms with Crippen LogP contribution < -0.4 is 0 Å². The largest absolute Gasteiger partial charge is 0.438 e. The Morgan fingerprint density at radius 1 is 1.05 bits per heavy atom. The van der Waals surface area contributed by atoms with E-state index in [4.69, 9.17) is 4.74 Å². The lowest BCUT2D eigenvalue weighted by Crippen LogP contribution is -2.69. The molecule has 1 aromatic carbocycles. The molecule has 1 saturated heterocycles. The number of hydrogen-bond donors (Lipinski definition) is 0. The minimum absolute atomic E-state index is 0.132. The van der Waals surface area contributed by atoms with E-state index in [9.17, 15) is 19.2 Å². The number of likely N-dealkylation sites (N-methyl/N-ethyl adjacent to an activating group) is 2. The Labute approximate surface area is 127 Å². The average Bonchev–Trinajstić information content (AvgIpc) is 2.50. The predicted molar refractivity (Wildman–Crippen MR) is 75.6 cm³/mol. The first-order valence-corrected chi connectivity index (χ1v) is 6.63. The van der Waals surface area contributed by atoms with Crippen LogP contribution in [0.1, 0.15) is 12.5 Å². The molecule has 2 rings (SSSR count). The maximum atomic E-state index is 12.5. The molecule has 1 aliphatic rings. The number of hydrogen-bond acceptors (Lipinski definition) is 5. The van der Waals surface area contributed by atoms with Crippen molar-refractivity contribution < 1.29 is 23.9 Å². The smallest absolute Gasteiger partial charge is 0.333 e. The van der Waals surface area contributed by atoms with Gasteiger partial charge < -0.3 is 4.74 Å². The van der Waals surface area contributed by atoms with Crippen LogP contribution in [0, 0.1) is 0 Å². The predicted octanol–water partition coefficient (Wildman–Crippen LogP) is 0.581. The molecule has 0 aliphatic carbocycles. The summed E-state index contributed by atoms with van der Waals surface area (Å²) in [5.41, 5.74) is -1.41. The molecule has 0 atom stereocenters. The van der Waals surface area contributed by atoms with Crippen LogP contribution in [0.4, 0.5) is 4.79 Å². The summed E-state index contributed by atoms with van der Waals surface area (Å²) in [6, 6.07) is 7.94. The van der Waals surface area contributed by atoms with Gasteiger partial charge in [-0.15, -0.1) is 0 Å². The van der Waals surface area contributed by atoms with Gasteiger partial charge in [-0.2, -0.15) is 0 Å². The summed E-state index contributed by atoms with van der Waals surface area (Å²) in [6.45, 7) is 1.11. The second-order valence-corrected chi connectivity index (χ2v) is 5.09. The molecule has 0 aromatic heterocycles. The first-order chi connectivity index (χ1) is 10.3. The lowest BCUT2D eigenvalue weighted by atomic mass is 9.89. The molecule has 7 heteroatoms. The maximum Gasteiger partial charge on any atom is 0.333 e. The van der Waals surface area contributed by atoms with Crippen molar-refractivity contribution in [2.24, 2.45) is 0 Å². The third-order valence-electron chi connectivity index (χ3n) is 3.49. The van der Waals surface area contributed by atoms with Gasteiger partial charge in [-0.3, -0.25) is 24.2 Å². The Hall–Kier alpha value is -2.70. The molecular formula is C15H16N2O5. The van der Waals surface area contributed by atoms with Gasteiger partial charge in [0.1, 0.15) is 0 Å². The van der Waals surface area contributed by atoms with E-state index in [2.05, 4.69) is 0 Å². The van der Waals surface area contributed by atoms with Crippen molar-refractivity contribution in [2.45, 2.75) is 18.9 Å². The highest BCUT2D eigenvalue weighted by molar-refractivity contribution is 6.22. The van der Waals surface area contributed by atoms with Gasteiger partial charge in [0.2, 0.25) is 0 Å². The van der Waals surface area contributed by atoms with Crippen LogP contribution in [0.5, 0.6) is 0 Å². The molecule has 1 aromatic rings. The van der Waals surface area contributed by atoms with Crippen LogP contribution in [0.2, 0.25) is 0 Å². The van der Waals surface area contributed by atoms with E-state index in [0.29, 0.717) is 5.56 Å². The molecule has 22 heavy (non-hydrogen) atoms. The molecule has 0 unspecified atom stereocenters. The van der Waals surface area contributed by atoms with Crippen molar-refractivity contribution in [2.75, 3.05) is 14.1 Å². The Morgan fingerprint density at radius 2 is 1.55 bits per heavy atom. The molecule has 0 bridgehead atoms. The van der Waals surface area contributed by atoms with Gasteiger partial charge in [0.25, 0.3) is 17.4 Å². The minimum atomic E-state index is -2.05. The SMILES string of the molecule is CC(=O)OC1(Cc2ccccc2)C(=O)N(C)C(=O)N(C)C1=O. The number of ether oxygens (including phenoxy) is 1. The molecular weight excluding hydrogens is 288 g/mol. The lowest BCUT2D eigenvalue weighted by Gasteiger charge is -2.40. The van der Waals surface area contributed by atoms with Crippen molar-refractivity contribution in [1.82, 2.24) is 9.80 Å². The fourth-order valence-electron chi connectivity index (χ4n) is 2.44. The Bertz CT molecular complexity index is 617. The monoisotopic (exact) mass is 304 g/mol. The van der Waals surface area contributed by atoms with Crippen molar-refractivity contribution in [3.63, 3.8) is 0 Å². The molecule has 0 spiro atoms. The Morgan fingerprint density at radius 3 is 2.00 bits per heavy atom. The topological polar surface area (TPSA) is 84.0 Å². The van der Waals surface area contributed by atoms with E-state index in [0.717, 1.165) is 16.7 Å². The standard InChI is InChI=1S/C15H16N2O5/c1-10(18)22-15(9-11-7-5-4-6-8-11)12(19)16(2)14(21)17(3)13(15)20/h4-8H,9H2,1-3H3. The number of nitrogens with zero attached hydrogens (tertiary/aromatic N) is 2. The molecule has 0 saturated carbocycles. The van der Waals surface area contributed by atoms with E-state index in [1.165, 1.54) is 14.1 Å². The summed E-state index contributed by atoms with van der Waals surface area (Å²) in [5.74, 6) is -2.46. The van der Waals surface area contributed by atoms with E-state index < -0.39 is 29.4 Å². The number of rotatable bonds is 3. The third-order valence-corrected chi connectivity index (χ3v) is 3.49. The van der Waals surface area contributed by atoms with Crippen molar-refractivity contribution in [3.8, 4) is 0 Å².